The zero-order valence-electron chi connectivity index (χ0n) is 11.3. The highest BCUT2D eigenvalue weighted by Crippen LogP contribution is 2.42. The summed E-state index contributed by atoms with van der Waals surface area (Å²) in [6, 6.07) is 8.82. The second kappa shape index (κ2) is 5.61. The summed E-state index contributed by atoms with van der Waals surface area (Å²) in [6.45, 7) is 0. The van der Waals surface area contributed by atoms with Crippen LogP contribution in [0, 0.1) is 0 Å². The molecule has 0 aromatic carbocycles. The van der Waals surface area contributed by atoms with Crippen LogP contribution in [0.5, 0.6) is 0 Å². The van der Waals surface area contributed by atoms with Gasteiger partial charge in [-0.25, -0.2) is 0 Å². The summed E-state index contributed by atoms with van der Waals surface area (Å²) in [4.78, 5) is 5.36. The van der Waals surface area contributed by atoms with Crippen molar-refractivity contribution in [2.24, 2.45) is 0 Å². The van der Waals surface area contributed by atoms with E-state index in [4.69, 9.17) is 0 Å². The first-order valence-electron chi connectivity index (χ1n) is 6.92. The molecule has 0 aliphatic heterocycles. The van der Waals surface area contributed by atoms with E-state index in [1.807, 2.05) is 12.3 Å². The maximum Gasteiger partial charge on any atom is 0.192 e. The average molecular weight is 314 g/mol. The van der Waals surface area contributed by atoms with E-state index in [1.165, 1.54) is 23.3 Å². The van der Waals surface area contributed by atoms with Crippen LogP contribution in [-0.4, -0.2) is 19.7 Å². The molecule has 3 aromatic heterocycles. The van der Waals surface area contributed by atoms with Crippen LogP contribution in [0.1, 0.15) is 24.4 Å². The fraction of sp³-hybridized carbons (Fsp3) is 0.267. The first-order chi connectivity index (χ1) is 10.4. The van der Waals surface area contributed by atoms with Crippen LogP contribution in [-0.2, 0) is 5.75 Å². The molecule has 0 spiro atoms. The molecule has 4 nitrogen and oxygen atoms in total. The number of pyridine rings is 1. The van der Waals surface area contributed by atoms with E-state index < -0.39 is 0 Å². The lowest BCUT2D eigenvalue weighted by Crippen LogP contribution is -1.99. The third kappa shape index (κ3) is 2.73. The van der Waals surface area contributed by atoms with Crippen molar-refractivity contribution >= 4 is 23.1 Å². The summed E-state index contributed by atoms with van der Waals surface area (Å²) in [5.41, 5.74) is 1.21. The SMILES string of the molecule is c1cncc(CSc2nnc(-c3cccs3)n2C2CC2)c1. The van der Waals surface area contributed by atoms with Crippen LogP contribution >= 0.6 is 23.1 Å². The van der Waals surface area contributed by atoms with Crippen LogP contribution in [0.3, 0.4) is 0 Å². The molecule has 1 fully saturated rings. The molecule has 0 N–H and O–H groups in total. The number of nitrogens with zero attached hydrogens (tertiary/aromatic N) is 4. The normalized spacial score (nSPS) is 14.5. The molecular weight excluding hydrogens is 300 g/mol. The topological polar surface area (TPSA) is 43.6 Å². The Bertz CT molecular complexity index is 717. The Labute approximate surface area is 131 Å². The zero-order valence-corrected chi connectivity index (χ0v) is 13.0. The van der Waals surface area contributed by atoms with Crippen molar-refractivity contribution in [1.29, 1.82) is 0 Å². The minimum absolute atomic E-state index is 0.577. The Kier molecular flexibility index (Phi) is 3.48. The Balaban J connectivity index is 1.60. The molecule has 0 saturated heterocycles. The molecule has 0 radical (unpaired) electrons. The van der Waals surface area contributed by atoms with Gasteiger partial charge < -0.3 is 0 Å². The lowest BCUT2D eigenvalue weighted by Gasteiger charge is -2.07. The largest absolute Gasteiger partial charge is 0.298 e. The summed E-state index contributed by atoms with van der Waals surface area (Å²) >= 11 is 3.46. The van der Waals surface area contributed by atoms with Crippen molar-refractivity contribution in [3.63, 3.8) is 0 Å². The highest BCUT2D eigenvalue weighted by atomic mass is 32.2. The molecule has 4 rings (SSSR count). The molecule has 106 valence electrons. The molecule has 1 aliphatic rings. The van der Waals surface area contributed by atoms with Crippen molar-refractivity contribution in [3.8, 4) is 10.7 Å². The van der Waals surface area contributed by atoms with E-state index in [0.29, 0.717) is 6.04 Å². The zero-order chi connectivity index (χ0) is 14.1. The molecule has 0 atom stereocenters. The molecule has 0 amide bonds. The molecule has 1 saturated carbocycles. The maximum atomic E-state index is 4.42. The number of hydrogen-bond donors (Lipinski definition) is 0. The van der Waals surface area contributed by atoms with E-state index in [9.17, 15) is 0 Å². The molecule has 21 heavy (non-hydrogen) atoms. The summed E-state index contributed by atoms with van der Waals surface area (Å²) in [5, 5.41) is 11.9. The van der Waals surface area contributed by atoms with Crippen molar-refractivity contribution in [2.45, 2.75) is 29.8 Å². The van der Waals surface area contributed by atoms with Gasteiger partial charge in [-0.2, -0.15) is 0 Å². The second-order valence-corrected chi connectivity index (χ2v) is 6.92. The molecule has 0 unspecified atom stereocenters. The minimum Gasteiger partial charge on any atom is -0.298 e. The van der Waals surface area contributed by atoms with Gasteiger partial charge in [-0.05, 0) is 35.9 Å². The predicted molar refractivity (Wildman–Crippen MR) is 85.4 cm³/mol. The highest BCUT2D eigenvalue weighted by Gasteiger charge is 2.30. The average Bonchev–Trinajstić information content (AvgIpc) is 3.05. The van der Waals surface area contributed by atoms with Crippen molar-refractivity contribution in [2.75, 3.05) is 0 Å². The van der Waals surface area contributed by atoms with Crippen molar-refractivity contribution in [3.05, 3.63) is 47.6 Å². The number of thiophene rings is 1. The van der Waals surface area contributed by atoms with Gasteiger partial charge in [0, 0.05) is 24.2 Å². The quantitative estimate of drug-likeness (QED) is 0.667. The number of aromatic nitrogens is 4. The van der Waals surface area contributed by atoms with E-state index in [1.54, 1.807) is 29.3 Å². The molecule has 3 heterocycles. The van der Waals surface area contributed by atoms with Crippen molar-refractivity contribution < 1.29 is 0 Å². The maximum absolute atomic E-state index is 4.42. The van der Waals surface area contributed by atoms with Crippen LogP contribution in [0.4, 0.5) is 0 Å². The summed E-state index contributed by atoms with van der Waals surface area (Å²) in [6.07, 6.45) is 6.18. The Hall–Kier alpha value is -1.66. The van der Waals surface area contributed by atoms with E-state index in [0.717, 1.165) is 16.7 Å². The van der Waals surface area contributed by atoms with Crippen molar-refractivity contribution in [1.82, 2.24) is 19.7 Å². The number of hydrogen-bond acceptors (Lipinski definition) is 5. The standard InChI is InChI=1S/C15H14N4S2/c1-3-11(9-16-7-1)10-21-15-18-17-14(13-4-2-8-20-13)19(15)12-5-6-12/h1-4,7-9,12H,5-6,10H2. The van der Waals surface area contributed by atoms with Gasteiger partial charge in [-0.15, -0.1) is 21.5 Å². The summed E-state index contributed by atoms with van der Waals surface area (Å²) in [7, 11) is 0. The first kappa shape index (κ1) is 13.0. The Morgan fingerprint density at radius 3 is 2.90 bits per heavy atom. The van der Waals surface area contributed by atoms with Gasteiger partial charge in [0.15, 0.2) is 11.0 Å². The van der Waals surface area contributed by atoms with Crippen LogP contribution in [0.25, 0.3) is 10.7 Å². The third-order valence-electron chi connectivity index (χ3n) is 3.41. The summed E-state index contributed by atoms with van der Waals surface area (Å²) in [5.74, 6) is 1.89. The van der Waals surface area contributed by atoms with E-state index in [2.05, 4.69) is 43.3 Å². The van der Waals surface area contributed by atoms with E-state index in [-0.39, 0.29) is 0 Å². The fourth-order valence-electron chi connectivity index (χ4n) is 2.24. The summed E-state index contributed by atoms with van der Waals surface area (Å²) < 4.78 is 2.31. The highest BCUT2D eigenvalue weighted by molar-refractivity contribution is 7.98. The molecule has 6 heteroatoms. The molecule has 1 aliphatic carbocycles. The van der Waals surface area contributed by atoms with Crippen LogP contribution < -0.4 is 0 Å². The van der Waals surface area contributed by atoms with Crippen LogP contribution in [0.15, 0.2) is 47.2 Å². The first-order valence-corrected chi connectivity index (χ1v) is 8.79. The predicted octanol–water partition coefficient (Wildman–Crippen LogP) is 4.03. The van der Waals surface area contributed by atoms with Gasteiger partial charge in [0.05, 0.1) is 4.88 Å². The van der Waals surface area contributed by atoms with Gasteiger partial charge in [0.1, 0.15) is 0 Å². The van der Waals surface area contributed by atoms with Gasteiger partial charge in [-0.1, -0.05) is 23.9 Å². The lowest BCUT2D eigenvalue weighted by molar-refractivity contribution is 0.670. The van der Waals surface area contributed by atoms with Crippen LogP contribution in [0.2, 0.25) is 0 Å². The second-order valence-electron chi connectivity index (χ2n) is 5.03. The molecular formula is C15H14N4S2. The van der Waals surface area contributed by atoms with E-state index >= 15 is 0 Å². The van der Waals surface area contributed by atoms with Gasteiger partial charge in [-0.3, -0.25) is 9.55 Å². The third-order valence-corrected chi connectivity index (χ3v) is 5.29. The Morgan fingerprint density at radius 2 is 2.19 bits per heavy atom. The van der Waals surface area contributed by atoms with Gasteiger partial charge in [0.2, 0.25) is 0 Å². The molecule has 0 bridgehead atoms. The van der Waals surface area contributed by atoms with Gasteiger partial charge >= 0.3 is 0 Å². The fourth-order valence-corrected chi connectivity index (χ4v) is 3.89. The number of thioether (sulfide) groups is 1. The molecule has 3 aromatic rings. The Morgan fingerprint density at radius 1 is 1.24 bits per heavy atom. The lowest BCUT2D eigenvalue weighted by atomic mass is 10.3. The monoisotopic (exact) mass is 314 g/mol. The minimum atomic E-state index is 0.577. The smallest absolute Gasteiger partial charge is 0.192 e. The number of rotatable bonds is 5. The van der Waals surface area contributed by atoms with Gasteiger partial charge in [0.25, 0.3) is 0 Å².